The molecule has 2 aromatic rings. The summed E-state index contributed by atoms with van der Waals surface area (Å²) in [6, 6.07) is 10.8. The van der Waals surface area contributed by atoms with Gasteiger partial charge in [-0.3, -0.25) is 0 Å². The van der Waals surface area contributed by atoms with Crippen molar-refractivity contribution in [2.75, 3.05) is 26.2 Å². The van der Waals surface area contributed by atoms with E-state index >= 15 is 0 Å². The fourth-order valence-corrected chi connectivity index (χ4v) is 3.10. The Morgan fingerprint density at radius 1 is 1.15 bits per heavy atom. The maximum Gasteiger partial charge on any atom is 0.0480 e. The molecule has 3 rings (SSSR count). The topological polar surface area (TPSA) is 29.0 Å². The number of aryl methyl sites for hydroxylation is 1. The van der Waals surface area contributed by atoms with E-state index in [9.17, 15) is 0 Å². The molecule has 0 saturated carbocycles. The van der Waals surface area contributed by atoms with E-state index in [1.165, 1.54) is 49.8 Å². The van der Waals surface area contributed by atoms with Gasteiger partial charge in [-0.1, -0.05) is 18.2 Å². The van der Waals surface area contributed by atoms with E-state index in [-0.39, 0.29) is 0 Å². The summed E-state index contributed by atoms with van der Waals surface area (Å²) in [5.41, 5.74) is 1.35. The number of benzene rings is 1. The zero-order valence-corrected chi connectivity index (χ0v) is 12.1. The van der Waals surface area contributed by atoms with Gasteiger partial charge in [0.05, 0.1) is 0 Å². The molecule has 1 aromatic heterocycles. The van der Waals surface area contributed by atoms with Crippen molar-refractivity contribution in [1.82, 2.24) is 15.2 Å². The van der Waals surface area contributed by atoms with Crippen LogP contribution in [0.4, 0.5) is 0 Å². The van der Waals surface area contributed by atoms with Gasteiger partial charge < -0.3 is 15.2 Å². The number of hydrogen-bond donors (Lipinski definition) is 2. The molecule has 0 unspecified atom stereocenters. The Balaban J connectivity index is 1.39. The largest absolute Gasteiger partial charge is 0.347 e. The highest BCUT2D eigenvalue weighted by molar-refractivity contribution is 5.79. The van der Waals surface area contributed by atoms with Crippen LogP contribution in [0.25, 0.3) is 10.9 Å². The van der Waals surface area contributed by atoms with Crippen molar-refractivity contribution in [3.8, 4) is 0 Å². The molecule has 2 N–H and O–H groups in total. The molecule has 1 aliphatic heterocycles. The van der Waals surface area contributed by atoms with Gasteiger partial charge in [0.2, 0.25) is 0 Å². The molecule has 0 atom stereocenters. The quantitative estimate of drug-likeness (QED) is 0.791. The Labute approximate surface area is 121 Å². The monoisotopic (exact) mass is 271 g/mol. The molecule has 3 nitrogen and oxygen atoms in total. The van der Waals surface area contributed by atoms with Crippen molar-refractivity contribution in [2.24, 2.45) is 5.92 Å². The van der Waals surface area contributed by atoms with Gasteiger partial charge in [-0.15, -0.1) is 0 Å². The fraction of sp³-hybridized carbons (Fsp3) is 0.529. The van der Waals surface area contributed by atoms with Crippen LogP contribution in [0.2, 0.25) is 0 Å². The third-order valence-corrected chi connectivity index (χ3v) is 4.32. The number of hydrogen-bond acceptors (Lipinski definition) is 2. The second-order valence-corrected chi connectivity index (χ2v) is 5.82. The predicted molar refractivity (Wildman–Crippen MR) is 85.0 cm³/mol. The molecule has 1 aromatic carbocycles. The third kappa shape index (κ3) is 3.41. The van der Waals surface area contributed by atoms with Crippen LogP contribution < -0.4 is 10.6 Å². The maximum atomic E-state index is 3.62. The highest BCUT2D eigenvalue weighted by atomic mass is 15.0. The Morgan fingerprint density at radius 2 is 2.00 bits per heavy atom. The molecule has 0 aliphatic carbocycles. The highest BCUT2D eigenvalue weighted by Gasteiger charge is 2.11. The number of para-hydroxylation sites is 1. The first-order chi connectivity index (χ1) is 9.93. The lowest BCUT2D eigenvalue weighted by atomic mass is 9.98. The Bertz CT molecular complexity index is 526. The summed E-state index contributed by atoms with van der Waals surface area (Å²) in [6.45, 7) is 5.81. The minimum Gasteiger partial charge on any atom is -0.347 e. The molecule has 1 aliphatic rings. The molecule has 0 bridgehead atoms. The zero-order valence-electron chi connectivity index (χ0n) is 12.1. The maximum absolute atomic E-state index is 3.62. The lowest BCUT2D eigenvalue weighted by molar-refractivity contribution is 0.355. The highest BCUT2D eigenvalue weighted by Crippen LogP contribution is 2.15. The molecule has 20 heavy (non-hydrogen) atoms. The van der Waals surface area contributed by atoms with E-state index in [0.717, 1.165) is 19.0 Å². The van der Waals surface area contributed by atoms with Crippen molar-refractivity contribution in [3.05, 3.63) is 36.5 Å². The zero-order chi connectivity index (χ0) is 13.6. The van der Waals surface area contributed by atoms with Crippen molar-refractivity contribution < 1.29 is 0 Å². The van der Waals surface area contributed by atoms with Gasteiger partial charge in [-0.25, -0.2) is 0 Å². The van der Waals surface area contributed by atoms with Gasteiger partial charge in [0.25, 0.3) is 0 Å². The first kappa shape index (κ1) is 13.7. The van der Waals surface area contributed by atoms with Crippen LogP contribution >= 0.6 is 0 Å². The molecular formula is C17H25N3. The molecule has 1 fully saturated rings. The van der Waals surface area contributed by atoms with Crippen molar-refractivity contribution in [1.29, 1.82) is 0 Å². The van der Waals surface area contributed by atoms with Gasteiger partial charge >= 0.3 is 0 Å². The van der Waals surface area contributed by atoms with Crippen molar-refractivity contribution >= 4 is 10.9 Å². The molecule has 3 heteroatoms. The lowest BCUT2D eigenvalue weighted by Gasteiger charge is -2.22. The third-order valence-electron chi connectivity index (χ3n) is 4.32. The van der Waals surface area contributed by atoms with E-state index in [2.05, 4.69) is 51.7 Å². The number of aromatic nitrogens is 1. The Kier molecular flexibility index (Phi) is 4.72. The summed E-state index contributed by atoms with van der Waals surface area (Å²) in [5, 5.41) is 8.39. The second kappa shape index (κ2) is 6.91. The lowest BCUT2D eigenvalue weighted by Crippen LogP contribution is -2.34. The average molecular weight is 271 g/mol. The van der Waals surface area contributed by atoms with Crippen LogP contribution in [0, 0.1) is 5.92 Å². The number of fused-ring (bicyclic) bond motifs is 1. The standard InChI is InChI=1S/C17H25N3/c1-2-5-17-16(4-1)8-13-20(17)12-3-9-19-14-15-6-10-18-11-7-15/h1-2,4-5,8,13,15,18-19H,3,6-7,9-12,14H2. The number of piperidine rings is 1. The molecular weight excluding hydrogens is 246 g/mol. The van der Waals surface area contributed by atoms with Crippen LogP contribution in [-0.2, 0) is 6.54 Å². The fourth-order valence-electron chi connectivity index (χ4n) is 3.10. The van der Waals surface area contributed by atoms with E-state index in [1.54, 1.807) is 0 Å². The molecule has 0 spiro atoms. The minimum absolute atomic E-state index is 0.878. The Morgan fingerprint density at radius 3 is 2.90 bits per heavy atom. The summed E-state index contributed by atoms with van der Waals surface area (Å²) in [5.74, 6) is 0.878. The number of nitrogens with one attached hydrogen (secondary N) is 2. The summed E-state index contributed by atoms with van der Waals surface area (Å²) < 4.78 is 2.36. The SMILES string of the molecule is c1ccc2c(c1)ccn2CCCNCC1CCNCC1. The van der Waals surface area contributed by atoms with Crippen molar-refractivity contribution in [2.45, 2.75) is 25.8 Å². The predicted octanol–water partition coefficient (Wildman–Crippen LogP) is 2.62. The Hall–Kier alpha value is -1.32. The molecule has 1 saturated heterocycles. The van der Waals surface area contributed by atoms with E-state index in [4.69, 9.17) is 0 Å². The minimum atomic E-state index is 0.878. The molecule has 0 radical (unpaired) electrons. The van der Waals surface area contributed by atoms with Crippen molar-refractivity contribution in [3.63, 3.8) is 0 Å². The van der Waals surface area contributed by atoms with E-state index in [1.807, 2.05) is 0 Å². The summed E-state index contributed by atoms with van der Waals surface area (Å²) in [6.07, 6.45) is 6.06. The van der Waals surface area contributed by atoms with Crippen LogP contribution in [0.15, 0.2) is 36.5 Å². The summed E-state index contributed by atoms with van der Waals surface area (Å²) in [7, 11) is 0. The van der Waals surface area contributed by atoms with Gasteiger partial charge in [-0.2, -0.15) is 0 Å². The van der Waals surface area contributed by atoms with Gasteiger partial charge in [0.15, 0.2) is 0 Å². The summed E-state index contributed by atoms with van der Waals surface area (Å²) >= 11 is 0. The van der Waals surface area contributed by atoms with Gasteiger partial charge in [0.1, 0.15) is 0 Å². The van der Waals surface area contributed by atoms with Crippen LogP contribution in [-0.4, -0.2) is 30.7 Å². The normalized spacial score (nSPS) is 16.8. The average Bonchev–Trinajstić information content (AvgIpc) is 2.91. The molecule has 2 heterocycles. The smallest absolute Gasteiger partial charge is 0.0480 e. The second-order valence-electron chi connectivity index (χ2n) is 5.82. The van der Waals surface area contributed by atoms with E-state index in [0.29, 0.717) is 0 Å². The van der Waals surface area contributed by atoms with E-state index < -0.39 is 0 Å². The van der Waals surface area contributed by atoms with Crippen LogP contribution in [0.1, 0.15) is 19.3 Å². The summed E-state index contributed by atoms with van der Waals surface area (Å²) in [4.78, 5) is 0. The molecule has 108 valence electrons. The first-order valence-corrected chi connectivity index (χ1v) is 7.89. The first-order valence-electron chi connectivity index (χ1n) is 7.89. The number of nitrogens with zero attached hydrogens (tertiary/aromatic N) is 1. The van der Waals surface area contributed by atoms with Gasteiger partial charge in [0, 0.05) is 18.3 Å². The van der Waals surface area contributed by atoms with Crippen LogP contribution in [0.3, 0.4) is 0 Å². The van der Waals surface area contributed by atoms with Crippen LogP contribution in [0.5, 0.6) is 0 Å². The number of rotatable bonds is 6. The van der Waals surface area contributed by atoms with Gasteiger partial charge in [-0.05, 0) is 68.9 Å². The molecule has 0 amide bonds.